The topological polar surface area (TPSA) is 38.3 Å². The second-order valence-corrected chi connectivity index (χ2v) is 4.21. The van der Waals surface area contributed by atoms with E-state index in [1.54, 1.807) is 0 Å². The molecular weight excluding hydrogens is 202 g/mol. The molecule has 0 amide bonds. The number of methoxy groups -OCH3 is 1. The second kappa shape index (κ2) is 5.12. The Morgan fingerprint density at radius 1 is 1.38 bits per heavy atom. The lowest BCUT2D eigenvalue weighted by molar-refractivity contribution is -0.142. The molecule has 0 spiro atoms. The molecule has 1 aliphatic rings. The van der Waals surface area contributed by atoms with Gasteiger partial charge in [-0.3, -0.25) is 4.79 Å². The van der Waals surface area contributed by atoms with Gasteiger partial charge in [0.15, 0.2) is 0 Å². The fraction of sp³-hybridized carbons (Fsp3) is 0.462. The molecule has 16 heavy (non-hydrogen) atoms. The molecule has 0 aromatic heterocycles. The summed E-state index contributed by atoms with van der Waals surface area (Å²) in [5, 5.41) is 3.32. The Morgan fingerprint density at radius 2 is 2.12 bits per heavy atom. The lowest BCUT2D eigenvalue weighted by Gasteiger charge is -2.12. The Kier molecular flexibility index (Phi) is 3.57. The summed E-state index contributed by atoms with van der Waals surface area (Å²) in [7, 11) is 1.44. The summed E-state index contributed by atoms with van der Waals surface area (Å²) in [4.78, 5) is 11.3. The van der Waals surface area contributed by atoms with E-state index < -0.39 is 0 Å². The summed E-state index contributed by atoms with van der Waals surface area (Å²) in [6.07, 6.45) is 2.90. The SMILES string of the molecule is COC(=O)[C@H]1CC[C@H](Cc2ccccc2)N1. The van der Waals surface area contributed by atoms with Crippen molar-refractivity contribution >= 4 is 5.97 Å². The minimum Gasteiger partial charge on any atom is -0.468 e. The van der Waals surface area contributed by atoms with E-state index in [2.05, 4.69) is 17.4 Å². The highest BCUT2D eigenvalue weighted by Gasteiger charge is 2.29. The quantitative estimate of drug-likeness (QED) is 0.783. The molecule has 0 radical (unpaired) electrons. The lowest BCUT2D eigenvalue weighted by atomic mass is 10.0. The lowest BCUT2D eigenvalue weighted by Crippen LogP contribution is -2.37. The van der Waals surface area contributed by atoms with Gasteiger partial charge in [0.2, 0.25) is 0 Å². The van der Waals surface area contributed by atoms with Gasteiger partial charge < -0.3 is 10.1 Å². The van der Waals surface area contributed by atoms with Gasteiger partial charge in [-0.25, -0.2) is 0 Å². The van der Waals surface area contributed by atoms with E-state index in [4.69, 9.17) is 4.74 Å². The maximum Gasteiger partial charge on any atom is 0.322 e. The number of esters is 1. The zero-order valence-electron chi connectivity index (χ0n) is 9.48. The highest BCUT2D eigenvalue weighted by atomic mass is 16.5. The van der Waals surface area contributed by atoms with Crippen LogP contribution >= 0.6 is 0 Å². The van der Waals surface area contributed by atoms with E-state index in [-0.39, 0.29) is 12.0 Å². The standard InChI is InChI=1S/C13H17NO2/c1-16-13(15)12-8-7-11(14-12)9-10-5-3-2-4-6-10/h2-6,11-12,14H,7-9H2,1H3/t11-,12-/m1/s1. The van der Waals surface area contributed by atoms with E-state index in [1.807, 2.05) is 18.2 Å². The van der Waals surface area contributed by atoms with Gasteiger partial charge in [0.25, 0.3) is 0 Å². The van der Waals surface area contributed by atoms with Gasteiger partial charge >= 0.3 is 5.97 Å². The largest absolute Gasteiger partial charge is 0.468 e. The Hall–Kier alpha value is -1.35. The first-order chi connectivity index (χ1) is 7.79. The molecule has 3 heteroatoms. The summed E-state index contributed by atoms with van der Waals surface area (Å²) in [6, 6.07) is 10.6. The molecule has 86 valence electrons. The smallest absolute Gasteiger partial charge is 0.322 e. The summed E-state index contributed by atoms with van der Waals surface area (Å²) >= 11 is 0. The van der Waals surface area contributed by atoms with Crippen LogP contribution in [0.15, 0.2) is 30.3 Å². The number of rotatable bonds is 3. The predicted octanol–water partition coefficient (Wildman–Crippen LogP) is 1.52. The molecule has 1 heterocycles. The minimum absolute atomic E-state index is 0.112. The molecule has 1 aromatic rings. The van der Waals surface area contributed by atoms with Crippen LogP contribution in [-0.2, 0) is 16.0 Å². The maximum absolute atomic E-state index is 11.3. The van der Waals surface area contributed by atoms with E-state index in [9.17, 15) is 4.79 Å². The number of hydrogen-bond donors (Lipinski definition) is 1. The average molecular weight is 219 g/mol. The normalized spacial score (nSPS) is 24.3. The van der Waals surface area contributed by atoms with Crippen LogP contribution in [0.2, 0.25) is 0 Å². The molecule has 0 aliphatic carbocycles. The van der Waals surface area contributed by atoms with E-state index in [0.29, 0.717) is 6.04 Å². The van der Waals surface area contributed by atoms with Crippen molar-refractivity contribution in [3.05, 3.63) is 35.9 Å². The molecule has 0 bridgehead atoms. The van der Waals surface area contributed by atoms with Crippen molar-refractivity contribution in [3.63, 3.8) is 0 Å². The number of hydrogen-bond acceptors (Lipinski definition) is 3. The summed E-state index contributed by atoms with van der Waals surface area (Å²) in [5.74, 6) is -0.143. The molecule has 3 nitrogen and oxygen atoms in total. The van der Waals surface area contributed by atoms with Crippen LogP contribution in [0.5, 0.6) is 0 Å². The Labute approximate surface area is 95.8 Å². The van der Waals surface area contributed by atoms with Gasteiger partial charge in [0.05, 0.1) is 7.11 Å². The van der Waals surface area contributed by atoms with Crippen molar-refractivity contribution in [2.24, 2.45) is 0 Å². The van der Waals surface area contributed by atoms with Crippen LogP contribution in [0.4, 0.5) is 0 Å². The van der Waals surface area contributed by atoms with Crippen LogP contribution in [0.25, 0.3) is 0 Å². The molecule has 1 saturated heterocycles. The van der Waals surface area contributed by atoms with Crippen molar-refractivity contribution < 1.29 is 9.53 Å². The van der Waals surface area contributed by atoms with Crippen LogP contribution in [0.3, 0.4) is 0 Å². The first kappa shape index (κ1) is 11.1. The monoisotopic (exact) mass is 219 g/mol. The number of nitrogens with one attached hydrogen (secondary N) is 1. The fourth-order valence-electron chi connectivity index (χ4n) is 2.21. The molecule has 0 saturated carbocycles. The van der Waals surface area contributed by atoms with Gasteiger partial charge in [-0.05, 0) is 24.8 Å². The van der Waals surface area contributed by atoms with Crippen LogP contribution < -0.4 is 5.32 Å². The Balaban J connectivity index is 1.88. The van der Waals surface area contributed by atoms with Crippen molar-refractivity contribution in [1.29, 1.82) is 0 Å². The summed E-state index contributed by atoms with van der Waals surface area (Å²) < 4.78 is 4.73. The second-order valence-electron chi connectivity index (χ2n) is 4.21. The first-order valence-corrected chi connectivity index (χ1v) is 5.67. The van der Waals surface area contributed by atoms with Crippen molar-refractivity contribution in [2.45, 2.75) is 31.3 Å². The Bertz CT molecular complexity index is 350. The Morgan fingerprint density at radius 3 is 2.81 bits per heavy atom. The zero-order chi connectivity index (χ0) is 11.4. The number of ether oxygens (including phenoxy) is 1. The molecule has 1 aliphatic heterocycles. The summed E-state index contributed by atoms with van der Waals surface area (Å²) in [5.41, 5.74) is 1.31. The third kappa shape index (κ3) is 2.61. The molecule has 2 atom stereocenters. The molecule has 2 rings (SSSR count). The molecule has 1 fully saturated rings. The highest BCUT2D eigenvalue weighted by Crippen LogP contribution is 2.17. The number of carbonyl (C=O) groups is 1. The van der Waals surface area contributed by atoms with Crippen LogP contribution in [-0.4, -0.2) is 25.2 Å². The van der Waals surface area contributed by atoms with E-state index >= 15 is 0 Å². The zero-order valence-corrected chi connectivity index (χ0v) is 9.48. The third-order valence-corrected chi connectivity index (χ3v) is 3.05. The van der Waals surface area contributed by atoms with Crippen LogP contribution in [0, 0.1) is 0 Å². The molecule has 0 unspecified atom stereocenters. The summed E-state index contributed by atoms with van der Waals surface area (Å²) in [6.45, 7) is 0. The average Bonchev–Trinajstić information content (AvgIpc) is 2.78. The third-order valence-electron chi connectivity index (χ3n) is 3.05. The molecular formula is C13H17NO2. The van der Waals surface area contributed by atoms with Crippen LogP contribution in [0.1, 0.15) is 18.4 Å². The van der Waals surface area contributed by atoms with E-state index in [1.165, 1.54) is 12.7 Å². The highest BCUT2D eigenvalue weighted by molar-refractivity contribution is 5.76. The number of benzene rings is 1. The van der Waals surface area contributed by atoms with Gasteiger partial charge in [-0.1, -0.05) is 30.3 Å². The first-order valence-electron chi connectivity index (χ1n) is 5.67. The predicted molar refractivity (Wildman–Crippen MR) is 62.1 cm³/mol. The van der Waals surface area contributed by atoms with Gasteiger partial charge in [-0.2, -0.15) is 0 Å². The van der Waals surface area contributed by atoms with E-state index in [0.717, 1.165) is 19.3 Å². The van der Waals surface area contributed by atoms with Crippen molar-refractivity contribution in [1.82, 2.24) is 5.32 Å². The molecule has 1 N–H and O–H groups in total. The van der Waals surface area contributed by atoms with Gasteiger partial charge in [0, 0.05) is 6.04 Å². The van der Waals surface area contributed by atoms with Crippen molar-refractivity contribution in [3.8, 4) is 0 Å². The van der Waals surface area contributed by atoms with Crippen molar-refractivity contribution in [2.75, 3.05) is 7.11 Å². The van der Waals surface area contributed by atoms with Gasteiger partial charge in [0.1, 0.15) is 6.04 Å². The maximum atomic E-state index is 11.3. The number of carbonyl (C=O) groups excluding carboxylic acids is 1. The fourth-order valence-corrected chi connectivity index (χ4v) is 2.21. The molecule has 1 aromatic carbocycles. The van der Waals surface area contributed by atoms with Gasteiger partial charge in [-0.15, -0.1) is 0 Å². The minimum atomic E-state index is -0.143.